The van der Waals surface area contributed by atoms with E-state index in [1.807, 2.05) is 0 Å². The number of hydrogen-bond donors (Lipinski definition) is 3. The van der Waals surface area contributed by atoms with Crippen LogP contribution in [-0.2, 0) is 6.18 Å². The van der Waals surface area contributed by atoms with Crippen LogP contribution in [0.2, 0.25) is 5.02 Å². The quantitative estimate of drug-likeness (QED) is 0.402. The van der Waals surface area contributed by atoms with Crippen molar-refractivity contribution in [3.8, 4) is 0 Å². The minimum absolute atomic E-state index is 0.171. The van der Waals surface area contributed by atoms with E-state index >= 15 is 0 Å². The van der Waals surface area contributed by atoms with Gasteiger partial charge in [0.1, 0.15) is 5.82 Å². The largest absolute Gasteiger partial charge is 0.418 e. The molecule has 160 valence electrons. The first-order valence-electron chi connectivity index (χ1n) is 8.74. The molecule has 0 heterocycles. The summed E-state index contributed by atoms with van der Waals surface area (Å²) in [6, 6.07) is 13.1. The van der Waals surface area contributed by atoms with Crippen molar-refractivity contribution in [1.29, 1.82) is 0 Å². The van der Waals surface area contributed by atoms with Crippen LogP contribution in [0.25, 0.3) is 0 Å². The van der Waals surface area contributed by atoms with Crippen LogP contribution in [0.15, 0.2) is 66.7 Å². The Hall–Kier alpha value is -3.59. The third-order valence-electron chi connectivity index (χ3n) is 4.03. The Bertz CT molecular complexity index is 1140. The number of urea groups is 1. The molecule has 10 heteroatoms. The number of alkyl halides is 3. The Morgan fingerprint density at radius 1 is 0.806 bits per heavy atom. The molecule has 0 atom stereocenters. The highest BCUT2D eigenvalue weighted by molar-refractivity contribution is 6.30. The molecule has 0 radical (unpaired) electrons. The molecular weight excluding hydrogens is 438 g/mol. The van der Waals surface area contributed by atoms with Crippen molar-refractivity contribution in [3.05, 3.63) is 88.7 Å². The first kappa shape index (κ1) is 22.1. The number of benzene rings is 3. The zero-order chi connectivity index (χ0) is 22.6. The summed E-state index contributed by atoms with van der Waals surface area (Å²) in [6.07, 6.45) is -4.85. The Balaban J connectivity index is 1.81. The summed E-state index contributed by atoms with van der Waals surface area (Å²) in [5, 5.41) is 7.14. The van der Waals surface area contributed by atoms with Crippen molar-refractivity contribution in [2.75, 3.05) is 16.0 Å². The van der Waals surface area contributed by atoms with Gasteiger partial charge in [-0.3, -0.25) is 4.79 Å². The second-order valence-electron chi connectivity index (χ2n) is 6.28. The predicted molar refractivity (Wildman–Crippen MR) is 110 cm³/mol. The summed E-state index contributed by atoms with van der Waals surface area (Å²) in [4.78, 5) is 24.3. The third kappa shape index (κ3) is 5.73. The standard InChI is InChI=1S/C21H14ClF4N3O2/c22-12-4-3-5-13(10-12)27-20(31)28-14-8-9-18(16(11-14)21(24,25)26)29-19(30)15-6-1-2-7-17(15)23/h1-11H,(H,29,30)(H2,27,28,31). The molecule has 0 aliphatic carbocycles. The monoisotopic (exact) mass is 451 g/mol. The SMILES string of the molecule is O=C(Nc1cccc(Cl)c1)Nc1ccc(NC(=O)c2ccccc2F)c(C(F)(F)F)c1. The lowest BCUT2D eigenvalue weighted by molar-refractivity contribution is -0.136. The number of carbonyl (C=O) groups excluding carboxylic acids is 2. The highest BCUT2D eigenvalue weighted by Crippen LogP contribution is 2.37. The van der Waals surface area contributed by atoms with E-state index < -0.39 is 40.7 Å². The molecule has 3 aromatic carbocycles. The first-order chi connectivity index (χ1) is 14.6. The molecular formula is C21H14ClF4N3O2. The fraction of sp³-hybridized carbons (Fsp3) is 0.0476. The number of halogens is 5. The first-order valence-corrected chi connectivity index (χ1v) is 9.12. The summed E-state index contributed by atoms with van der Waals surface area (Å²) >= 11 is 5.82. The summed E-state index contributed by atoms with van der Waals surface area (Å²) in [6.45, 7) is 0. The van der Waals surface area contributed by atoms with Gasteiger partial charge >= 0.3 is 12.2 Å². The van der Waals surface area contributed by atoms with Crippen molar-refractivity contribution in [2.24, 2.45) is 0 Å². The van der Waals surface area contributed by atoms with Gasteiger partial charge < -0.3 is 16.0 Å². The van der Waals surface area contributed by atoms with E-state index in [4.69, 9.17) is 11.6 Å². The molecule has 0 saturated heterocycles. The lowest BCUT2D eigenvalue weighted by atomic mass is 10.1. The molecule has 3 N–H and O–H groups in total. The fourth-order valence-corrected chi connectivity index (χ4v) is 2.85. The number of hydrogen-bond acceptors (Lipinski definition) is 2. The van der Waals surface area contributed by atoms with Crippen LogP contribution in [0.3, 0.4) is 0 Å². The van der Waals surface area contributed by atoms with E-state index in [0.717, 1.165) is 18.2 Å². The molecule has 3 amide bonds. The summed E-state index contributed by atoms with van der Waals surface area (Å²) < 4.78 is 54.3. The van der Waals surface area contributed by atoms with Crippen LogP contribution >= 0.6 is 11.6 Å². The van der Waals surface area contributed by atoms with Crippen molar-refractivity contribution in [2.45, 2.75) is 6.18 Å². The topological polar surface area (TPSA) is 70.2 Å². The van der Waals surface area contributed by atoms with Crippen molar-refractivity contribution < 1.29 is 27.2 Å². The zero-order valence-corrected chi connectivity index (χ0v) is 16.3. The summed E-state index contributed by atoms with van der Waals surface area (Å²) in [5.74, 6) is -1.91. The molecule has 0 aliphatic heterocycles. The molecule has 0 saturated carbocycles. The maximum Gasteiger partial charge on any atom is 0.418 e. The normalized spacial score (nSPS) is 11.0. The predicted octanol–water partition coefficient (Wildman–Crippen LogP) is 6.39. The van der Waals surface area contributed by atoms with Crippen LogP contribution in [-0.4, -0.2) is 11.9 Å². The summed E-state index contributed by atoms with van der Waals surface area (Å²) in [5.41, 5.74) is -2.02. The number of nitrogens with one attached hydrogen (secondary N) is 3. The van der Waals surface area contributed by atoms with E-state index in [0.29, 0.717) is 16.8 Å². The molecule has 0 unspecified atom stereocenters. The molecule has 3 rings (SSSR count). The molecule has 0 bridgehead atoms. The molecule has 0 aromatic heterocycles. The van der Waals surface area contributed by atoms with Gasteiger partial charge in [0, 0.05) is 16.4 Å². The van der Waals surface area contributed by atoms with Gasteiger partial charge in [0.05, 0.1) is 16.8 Å². The number of anilines is 3. The van der Waals surface area contributed by atoms with Gasteiger partial charge in [-0.15, -0.1) is 0 Å². The van der Waals surface area contributed by atoms with Crippen LogP contribution in [0.5, 0.6) is 0 Å². The highest BCUT2D eigenvalue weighted by Gasteiger charge is 2.34. The van der Waals surface area contributed by atoms with Crippen molar-refractivity contribution in [3.63, 3.8) is 0 Å². The number of amides is 3. The van der Waals surface area contributed by atoms with Crippen LogP contribution in [0, 0.1) is 5.82 Å². The number of rotatable bonds is 4. The van der Waals surface area contributed by atoms with Gasteiger partial charge in [0.25, 0.3) is 5.91 Å². The molecule has 0 fully saturated rings. The van der Waals surface area contributed by atoms with Gasteiger partial charge in [-0.25, -0.2) is 9.18 Å². The van der Waals surface area contributed by atoms with Gasteiger partial charge in [-0.2, -0.15) is 13.2 Å². The zero-order valence-electron chi connectivity index (χ0n) is 15.6. The Kier molecular flexibility index (Phi) is 6.45. The van der Waals surface area contributed by atoms with E-state index in [2.05, 4.69) is 16.0 Å². The Labute approximate surface area is 179 Å². The average molecular weight is 452 g/mol. The van der Waals surface area contributed by atoms with E-state index in [1.165, 1.54) is 24.3 Å². The van der Waals surface area contributed by atoms with E-state index in [-0.39, 0.29) is 5.69 Å². The summed E-state index contributed by atoms with van der Waals surface area (Å²) in [7, 11) is 0. The van der Waals surface area contributed by atoms with Crippen molar-refractivity contribution in [1.82, 2.24) is 0 Å². The van der Waals surface area contributed by atoms with E-state index in [9.17, 15) is 27.2 Å². The Morgan fingerprint density at radius 2 is 1.48 bits per heavy atom. The Morgan fingerprint density at radius 3 is 2.13 bits per heavy atom. The van der Waals surface area contributed by atoms with Crippen LogP contribution < -0.4 is 16.0 Å². The maximum atomic E-state index is 13.7. The molecule has 5 nitrogen and oxygen atoms in total. The molecule has 3 aromatic rings. The van der Waals surface area contributed by atoms with Crippen LogP contribution in [0.1, 0.15) is 15.9 Å². The second-order valence-corrected chi connectivity index (χ2v) is 6.72. The van der Waals surface area contributed by atoms with Gasteiger partial charge in [-0.05, 0) is 48.5 Å². The average Bonchev–Trinajstić information content (AvgIpc) is 2.68. The fourth-order valence-electron chi connectivity index (χ4n) is 2.66. The minimum Gasteiger partial charge on any atom is -0.321 e. The molecule has 0 aliphatic rings. The van der Waals surface area contributed by atoms with Crippen molar-refractivity contribution >= 4 is 40.6 Å². The molecule has 31 heavy (non-hydrogen) atoms. The third-order valence-corrected chi connectivity index (χ3v) is 4.27. The lowest BCUT2D eigenvalue weighted by Crippen LogP contribution is -2.21. The number of carbonyl (C=O) groups is 2. The lowest BCUT2D eigenvalue weighted by Gasteiger charge is -2.16. The van der Waals surface area contributed by atoms with Gasteiger partial charge in [0.15, 0.2) is 0 Å². The smallest absolute Gasteiger partial charge is 0.321 e. The van der Waals surface area contributed by atoms with Gasteiger partial charge in [0.2, 0.25) is 0 Å². The second kappa shape index (κ2) is 9.05. The minimum atomic E-state index is -4.85. The molecule has 0 spiro atoms. The van der Waals surface area contributed by atoms with Crippen LogP contribution in [0.4, 0.5) is 39.4 Å². The van der Waals surface area contributed by atoms with Gasteiger partial charge in [-0.1, -0.05) is 29.8 Å². The highest BCUT2D eigenvalue weighted by atomic mass is 35.5. The maximum absolute atomic E-state index is 13.7. The van der Waals surface area contributed by atoms with E-state index in [1.54, 1.807) is 18.2 Å².